The molecule has 0 aromatic rings. The van der Waals surface area contributed by atoms with Crippen LogP contribution in [0.25, 0.3) is 0 Å². The van der Waals surface area contributed by atoms with Crippen molar-refractivity contribution in [1.29, 1.82) is 0 Å². The quantitative estimate of drug-likeness (QED) is 0.628. The van der Waals surface area contributed by atoms with Crippen molar-refractivity contribution >= 4 is 5.91 Å². The van der Waals surface area contributed by atoms with Gasteiger partial charge in [-0.15, -0.1) is 0 Å². The molecule has 2 unspecified atom stereocenters. The summed E-state index contributed by atoms with van der Waals surface area (Å²) in [7, 11) is 0. The van der Waals surface area contributed by atoms with Gasteiger partial charge in [-0.3, -0.25) is 9.69 Å². The largest absolute Gasteiger partial charge is 0.378 e. The molecule has 6 heteroatoms. The van der Waals surface area contributed by atoms with Crippen LogP contribution >= 0.6 is 0 Å². The lowest BCUT2D eigenvalue weighted by Crippen LogP contribution is -2.56. The van der Waals surface area contributed by atoms with Crippen LogP contribution in [0.3, 0.4) is 0 Å². The number of nitrogens with two attached hydrogens (primary N) is 1. The van der Waals surface area contributed by atoms with Gasteiger partial charge in [-0.1, -0.05) is 6.92 Å². The second kappa shape index (κ2) is 9.25. The molecular weight excluding hydrogens is 246 g/mol. The summed E-state index contributed by atoms with van der Waals surface area (Å²) in [5.74, 6) is 0.0359. The van der Waals surface area contributed by atoms with Gasteiger partial charge >= 0.3 is 0 Å². The number of hydrogen-bond donors (Lipinski definition) is 2. The molecule has 1 aliphatic rings. The van der Waals surface area contributed by atoms with Crippen LogP contribution in [-0.4, -0.2) is 69.0 Å². The van der Waals surface area contributed by atoms with Crippen molar-refractivity contribution in [3.05, 3.63) is 0 Å². The molecule has 0 aromatic heterocycles. The summed E-state index contributed by atoms with van der Waals surface area (Å²) in [5, 5.41) is 2.92. The predicted octanol–water partition coefficient (Wildman–Crippen LogP) is -0.423. The molecule has 0 radical (unpaired) electrons. The van der Waals surface area contributed by atoms with Crippen LogP contribution < -0.4 is 11.1 Å². The molecule has 3 N–H and O–H groups in total. The predicted molar refractivity (Wildman–Crippen MR) is 73.9 cm³/mol. The van der Waals surface area contributed by atoms with Crippen molar-refractivity contribution in [3.63, 3.8) is 0 Å². The molecule has 0 spiro atoms. The van der Waals surface area contributed by atoms with Crippen LogP contribution in [0.2, 0.25) is 0 Å². The number of nitrogens with one attached hydrogen (secondary N) is 1. The Morgan fingerprint density at radius 1 is 1.58 bits per heavy atom. The highest BCUT2D eigenvalue weighted by atomic mass is 16.5. The molecule has 6 nitrogen and oxygen atoms in total. The SMILES string of the molecule is CCCNC(=O)C1COCCN1CC(CN)OCC. The lowest BCUT2D eigenvalue weighted by molar-refractivity contribution is -0.134. The van der Waals surface area contributed by atoms with E-state index in [1.165, 1.54) is 0 Å². The van der Waals surface area contributed by atoms with E-state index in [1.807, 2.05) is 13.8 Å². The highest BCUT2D eigenvalue weighted by Crippen LogP contribution is 2.09. The third-order valence-electron chi connectivity index (χ3n) is 3.19. The van der Waals surface area contributed by atoms with Crippen LogP contribution in [0.15, 0.2) is 0 Å². The molecule has 0 aromatic carbocycles. The maximum atomic E-state index is 12.1. The lowest BCUT2D eigenvalue weighted by Gasteiger charge is -2.36. The van der Waals surface area contributed by atoms with Crippen LogP contribution in [0.1, 0.15) is 20.3 Å². The molecule has 0 saturated carbocycles. The maximum absolute atomic E-state index is 12.1. The second-order valence-corrected chi connectivity index (χ2v) is 4.69. The minimum atomic E-state index is -0.227. The van der Waals surface area contributed by atoms with E-state index < -0.39 is 0 Å². The summed E-state index contributed by atoms with van der Waals surface area (Å²) >= 11 is 0. The van der Waals surface area contributed by atoms with Crippen LogP contribution in [-0.2, 0) is 14.3 Å². The summed E-state index contributed by atoms with van der Waals surface area (Å²) in [4.78, 5) is 14.2. The molecule has 1 saturated heterocycles. The van der Waals surface area contributed by atoms with Gasteiger partial charge in [-0.05, 0) is 13.3 Å². The zero-order chi connectivity index (χ0) is 14.1. The Hall–Kier alpha value is -0.690. The fourth-order valence-electron chi connectivity index (χ4n) is 2.16. The molecule has 1 amide bonds. The van der Waals surface area contributed by atoms with Crippen molar-refractivity contribution in [3.8, 4) is 0 Å². The Balaban J connectivity index is 2.53. The Kier molecular flexibility index (Phi) is 7.97. The maximum Gasteiger partial charge on any atom is 0.239 e. The summed E-state index contributed by atoms with van der Waals surface area (Å²) in [5.41, 5.74) is 5.69. The first-order valence-electron chi connectivity index (χ1n) is 7.14. The summed E-state index contributed by atoms with van der Waals surface area (Å²) in [6, 6.07) is -0.227. The topological polar surface area (TPSA) is 76.8 Å². The second-order valence-electron chi connectivity index (χ2n) is 4.69. The molecule has 19 heavy (non-hydrogen) atoms. The summed E-state index contributed by atoms with van der Waals surface area (Å²) < 4.78 is 11.0. The van der Waals surface area contributed by atoms with Gasteiger partial charge in [-0.25, -0.2) is 0 Å². The van der Waals surface area contributed by atoms with Crippen molar-refractivity contribution in [2.75, 3.05) is 46.0 Å². The van der Waals surface area contributed by atoms with E-state index in [9.17, 15) is 4.79 Å². The van der Waals surface area contributed by atoms with E-state index in [0.29, 0.717) is 39.5 Å². The third-order valence-corrected chi connectivity index (χ3v) is 3.19. The zero-order valence-corrected chi connectivity index (χ0v) is 12.1. The number of carbonyl (C=O) groups excluding carboxylic acids is 1. The van der Waals surface area contributed by atoms with E-state index in [4.69, 9.17) is 15.2 Å². The summed E-state index contributed by atoms with van der Waals surface area (Å²) in [6.07, 6.45) is 0.911. The van der Waals surface area contributed by atoms with Gasteiger partial charge in [-0.2, -0.15) is 0 Å². The number of amides is 1. The van der Waals surface area contributed by atoms with E-state index in [1.54, 1.807) is 0 Å². The van der Waals surface area contributed by atoms with Crippen molar-refractivity contribution < 1.29 is 14.3 Å². The molecule has 0 bridgehead atoms. The molecular formula is C13H27N3O3. The number of carbonyl (C=O) groups is 1. The Bertz CT molecular complexity index is 264. The lowest BCUT2D eigenvalue weighted by atomic mass is 10.2. The van der Waals surface area contributed by atoms with Gasteiger partial charge < -0.3 is 20.5 Å². The fraction of sp³-hybridized carbons (Fsp3) is 0.923. The van der Waals surface area contributed by atoms with Gasteiger partial charge in [0.2, 0.25) is 5.91 Å². The molecule has 112 valence electrons. The van der Waals surface area contributed by atoms with E-state index >= 15 is 0 Å². The van der Waals surface area contributed by atoms with E-state index in [0.717, 1.165) is 13.0 Å². The van der Waals surface area contributed by atoms with Crippen molar-refractivity contribution in [2.24, 2.45) is 5.73 Å². The standard InChI is InChI=1S/C13H27N3O3/c1-3-5-15-13(17)12-10-18-7-6-16(12)9-11(8-14)19-4-2/h11-12H,3-10,14H2,1-2H3,(H,15,17). The number of ether oxygens (including phenoxy) is 2. The molecule has 1 rings (SSSR count). The third kappa shape index (κ3) is 5.44. The average Bonchev–Trinajstić information content (AvgIpc) is 2.44. The first kappa shape index (κ1) is 16.4. The number of morpholine rings is 1. The van der Waals surface area contributed by atoms with Gasteiger partial charge in [0.25, 0.3) is 0 Å². The Labute approximate surface area is 115 Å². The molecule has 2 atom stereocenters. The van der Waals surface area contributed by atoms with Gasteiger partial charge in [0.15, 0.2) is 0 Å². The van der Waals surface area contributed by atoms with Crippen molar-refractivity contribution in [1.82, 2.24) is 10.2 Å². The van der Waals surface area contributed by atoms with E-state index in [2.05, 4.69) is 10.2 Å². The molecule has 0 aliphatic carbocycles. The van der Waals surface area contributed by atoms with Gasteiger partial charge in [0, 0.05) is 32.8 Å². The monoisotopic (exact) mass is 273 g/mol. The smallest absolute Gasteiger partial charge is 0.239 e. The van der Waals surface area contributed by atoms with Crippen LogP contribution in [0.4, 0.5) is 0 Å². The number of hydrogen-bond acceptors (Lipinski definition) is 5. The minimum absolute atomic E-state index is 0.0235. The Morgan fingerprint density at radius 2 is 2.37 bits per heavy atom. The first-order valence-corrected chi connectivity index (χ1v) is 7.14. The zero-order valence-electron chi connectivity index (χ0n) is 12.1. The van der Waals surface area contributed by atoms with Gasteiger partial charge in [0.05, 0.1) is 19.3 Å². The highest BCUT2D eigenvalue weighted by Gasteiger charge is 2.30. The highest BCUT2D eigenvalue weighted by molar-refractivity contribution is 5.82. The molecule has 1 heterocycles. The number of rotatable bonds is 8. The fourth-order valence-corrected chi connectivity index (χ4v) is 2.16. The molecule has 1 aliphatic heterocycles. The first-order chi connectivity index (χ1) is 9.22. The van der Waals surface area contributed by atoms with Crippen LogP contribution in [0, 0.1) is 0 Å². The average molecular weight is 273 g/mol. The normalized spacial score (nSPS) is 22.2. The minimum Gasteiger partial charge on any atom is -0.378 e. The van der Waals surface area contributed by atoms with Crippen LogP contribution in [0.5, 0.6) is 0 Å². The van der Waals surface area contributed by atoms with Crippen molar-refractivity contribution in [2.45, 2.75) is 32.4 Å². The Morgan fingerprint density at radius 3 is 3.00 bits per heavy atom. The molecule has 1 fully saturated rings. The van der Waals surface area contributed by atoms with E-state index in [-0.39, 0.29) is 18.1 Å². The van der Waals surface area contributed by atoms with Gasteiger partial charge in [0.1, 0.15) is 6.04 Å². The summed E-state index contributed by atoms with van der Waals surface area (Å²) in [6.45, 7) is 8.32. The number of nitrogens with zero attached hydrogens (tertiary/aromatic N) is 1.